The molecule has 2 saturated heterocycles. The average Bonchev–Trinajstić information content (AvgIpc) is 3.50. The first-order chi connectivity index (χ1) is 17.3. The zero-order valence-corrected chi connectivity index (χ0v) is 21.6. The van der Waals surface area contributed by atoms with E-state index in [-0.39, 0.29) is 0 Å². The zero-order valence-electron chi connectivity index (χ0n) is 20.8. The van der Waals surface area contributed by atoms with Crippen LogP contribution < -0.4 is 0 Å². The summed E-state index contributed by atoms with van der Waals surface area (Å²) in [5.41, 5.74) is 2.39. The molecule has 0 aliphatic carbocycles. The Morgan fingerprint density at radius 1 is 0.917 bits per heavy atom. The van der Waals surface area contributed by atoms with Crippen molar-refractivity contribution in [1.82, 2.24) is 24.6 Å². The summed E-state index contributed by atoms with van der Waals surface area (Å²) in [7, 11) is 0. The van der Waals surface area contributed by atoms with E-state index in [1.807, 2.05) is 0 Å². The van der Waals surface area contributed by atoms with Crippen LogP contribution >= 0.6 is 11.3 Å². The quantitative estimate of drug-likeness (QED) is 0.390. The van der Waals surface area contributed by atoms with Gasteiger partial charge in [0.2, 0.25) is 0 Å². The molecular weight excluding hydrogens is 483 g/mol. The fourth-order valence-electron chi connectivity index (χ4n) is 5.48. The molecule has 0 amide bonds. The monoisotopic (exact) mass is 517 g/mol. The van der Waals surface area contributed by atoms with Gasteiger partial charge in [-0.05, 0) is 76.3 Å². The summed E-state index contributed by atoms with van der Waals surface area (Å²) in [5.74, 6) is 1.15. The average molecular weight is 518 g/mol. The van der Waals surface area contributed by atoms with Crippen molar-refractivity contribution in [2.75, 3.05) is 32.7 Å². The maximum Gasteiger partial charge on any atom is 0.435 e. The number of likely N-dealkylation sites (tertiary alicyclic amines) is 2. The minimum absolute atomic E-state index is 0.479. The second-order valence-corrected chi connectivity index (χ2v) is 11.0. The zero-order chi connectivity index (χ0) is 25.1. The molecular formula is C27H34F3N5S. The van der Waals surface area contributed by atoms with Crippen molar-refractivity contribution in [1.29, 1.82) is 0 Å². The molecule has 0 unspecified atom stereocenters. The summed E-state index contributed by atoms with van der Waals surface area (Å²) in [4.78, 5) is 9.86. The summed E-state index contributed by atoms with van der Waals surface area (Å²) in [5, 5.41) is 7.21. The SMILES string of the molecule is Cc1cc(C(F)(F)F)nn1CCN1CCC(c2nc(CN3CCC(c4ccccc4)CC3)cs2)CC1. The van der Waals surface area contributed by atoms with Crippen LogP contribution in [-0.2, 0) is 19.3 Å². The number of hydrogen-bond acceptors (Lipinski definition) is 5. The number of hydrogen-bond donors (Lipinski definition) is 0. The smallest absolute Gasteiger partial charge is 0.301 e. The highest BCUT2D eigenvalue weighted by atomic mass is 32.1. The number of aryl methyl sites for hydroxylation is 1. The molecule has 2 aliphatic rings. The third-order valence-corrected chi connectivity index (χ3v) is 8.71. The first-order valence-corrected chi connectivity index (χ1v) is 13.8. The molecule has 0 radical (unpaired) electrons. The van der Waals surface area contributed by atoms with Crippen molar-refractivity contribution >= 4 is 11.3 Å². The maximum atomic E-state index is 12.9. The van der Waals surface area contributed by atoms with Gasteiger partial charge in [0.1, 0.15) is 0 Å². The number of nitrogens with zero attached hydrogens (tertiary/aromatic N) is 5. The molecule has 0 N–H and O–H groups in total. The predicted molar refractivity (Wildman–Crippen MR) is 136 cm³/mol. The first kappa shape index (κ1) is 25.4. The van der Waals surface area contributed by atoms with Crippen LogP contribution in [0.25, 0.3) is 0 Å². The highest BCUT2D eigenvalue weighted by molar-refractivity contribution is 7.09. The number of benzene rings is 1. The molecule has 9 heteroatoms. The standard InChI is InChI=1S/C27H34F3N5S/c1-20-17-25(27(28,29)30)32-35(20)16-15-33-11-9-23(10-12-33)26-31-24(19-36-26)18-34-13-7-22(8-14-34)21-5-3-2-4-6-21/h2-6,17,19,22-23H,7-16,18H2,1H3. The van der Waals surface area contributed by atoms with E-state index in [0.717, 1.165) is 51.6 Å². The van der Waals surface area contributed by atoms with Crippen LogP contribution in [0.2, 0.25) is 0 Å². The molecule has 2 aliphatic heterocycles. The van der Waals surface area contributed by atoms with E-state index in [0.29, 0.717) is 30.6 Å². The summed E-state index contributed by atoms with van der Waals surface area (Å²) < 4.78 is 40.2. The highest BCUT2D eigenvalue weighted by Crippen LogP contribution is 2.32. The second-order valence-electron chi connectivity index (χ2n) is 10.1. The Hall–Kier alpha value is -2.23. The largest absolute Gasteiger partial charge is 0.435 e. The van der Waals surface area contributed by atoms with Crippen LogP contribution in [-0.4, -0.2) is 57.3 Å². The van der Waals surface area contributed by atoms with E-state index in [1.54, 1.807) is 18.3 Å². The van der Waals surface area contributed by atoms with Gasteiger partial charge in [-0.25, -0.2) is 4.98 Å². The van der Waals surface area contributed by atoms with Gasteiger partial charge in [0, 0.05) is 30.1 Å². The van der Waals surface area contributed by atoms with E-state index in [9.17, 15) is 13.2 Å². The van der Waals surface area contributed by atoms with Crippen molar-refractivity contribution in [3.05, 3.63) is 69.4 Å². The normalized spacial score (nSPS) is 19.2. The van der Waals surface area contributed by atoms with Crippen molar-refractivity contribution in [2.45, 2.75) is 63.7 Å². The number of aromatic nitrogens is 3. The molecule has 36 heavy (non-hydrogen) atoms. The Kier molecular flexibility index (Phi) is 7.79. The fourth-order valence-corrected chi connectivity index (χ4v) is 6.46. The van der Waals surface area contributed by atoms with Crippen molar-refractivity contribution in [3.63, 3.8) is 0 Å². The Balaban J connectivity index is 1.06. The summed E-state index contributed by atoms with van der Waals surface area (Å²) in [6.07, 6.45) is 0.103. The topological polar surface area (TPSA) is 37.2 Å². The maximum absolute atomic E-state index is 12.9. The Labute approximate surface area is 214 Å². The van der Waals surface area contributed by atoms with Gasteiger partial charge < -0.3 is 4.90 Å². The minimum Gasteiger partial charge on any atom is -0.301 e. The van der Waals surface area contributed by atoms with E-state index in [1.165, 1.54) is 33.8 Å². The number of halogens is 3. The van der Waals surface area contributed by atoms with Crippen LogP contribution in [0.15, 0.2) is 41.8 Å². The van der Waals surface area contributed by atoms with Crippen molar-refractivity contribution in [3.8, 4) is 0 Å². The molecule has 1 aromatic carbocycles. The van der Waals surface area contributed by atoms with Gasteiger partial charge in [-0.15, -0.1) is 11.3 Å². The van der Waals surface area contributed by atoms with E-state index < -0.39 is 11.9 Å². The van der Waals surface area contributed by atoms with Gasteiger partial charge in [-0.1, -0.05) is 30.3 Å². The highest BCUT2D eigenvalue weighted by Gasteiger charge is 2.34. The number of rotatable bonds is 7. The van der Waals surface area contributed by atoms with Crippen LogP contribution in [0, 0.1) is 6.92 Å². The van der Waals surface area contributed by atoms with Gasteiger partial charge in [-0.3, -0.25) is 9.58 Å². The van der Waals surface area contributed by atoms with Crippen molar-refractivity contribution < 1.29 is 13.2 Å². The number of alkyl halides is 3. The van der Waals surface area contributed by atoms with Gasteiger partial charge in [-0.2, -0.15) is 18.3 Å². The molecule has 0 atom stereocenters. The van der Waals surface area contributed by atoms with E-state index >= 15 is 0 Å². The summed E-state index contributed by atoms with van der Waals surface area (Å²) >= 11 is 1.78. The number of piperidine rings is 2. The molecule has 2 fully saturated rings. The van der Waals surface area contributed by atoms with Gasteiger partial charge in [0.15, 0.2) is 5.69 Å². The summed E-state index contributed by atoms with van der Waals surface area (Å²) in [6, 6.07) is 12.0. The van der Waals surface area contributed by atoms with Crippen LogP contribution in [0.1, 0.15) is 65.2 Å². The predicted octanol–water partition coefficient (Wildman–Crippen LogP) is 5.93. The van der Waals surface area contributed by atoms with Gasteiger partial charge in [0.05, 0.1) is 17.2 Å². The third kappa shape index (κ3) is 6.18. The lowest BCUT2D eigenvalue weighted by molar-refractivity contribution is -0.141. The third-order valence-electron chi connectivity index (χ3n) is 7.65. The molecule has 0 saturated carbocycles. The van der Waals surface area contributed by atoms with Gasteiger partial charge in [0.25, 0.3) is 0 Å². The molecule has 0 spiro atoms. The number of thiazole rings is 1. The molecule has 194 valence electrons. The Bertz CT molecular complexity index is 1110. The fraction of sp³-hybridized carbons (Fsp3) is 0.556. The van der Waals surface area contributed by atoms with E-state index in [2.05, 4.69) is 50.6 Å². The summed E-state index contributed by atoms with van der Waals surface area (Å²) in [6.45, 7) is 7.93. The molecule has 3 aromatic rings. The first-order valence-electron chi connectivity index (χ1n) is 12.9. The van der Waals surface area contributed by atoms with Crippen LogP contribution in [0.3, 0.4) is 0 Å². The van der Waals surface area contributed by atoms with Crippen LogP contribution in [0.5, 0.6) is 0 Å². The molecule has 0 bridgehead atoms. The van der Waals surface area contributed by atoms with Crippen LogP contribution in [0.4, 0.5) is 13.2 Å². The molecule has 4 heterocycles. The molecule has 2 aromatic heterocycles. The second kappa shape index (κ2) is 11.0. The van der Waals surface area contributed by atoms with E-state index in [4.69, 9.17) is 4.98 Å². The molecule has 5 rings (SSSR count). The Morgan fingerprint density at radius 2 is 1.58 bits per heavy atom. The Morgan fingerprint density at radius 3 is 2.25 bits per heavy atom. The van der Waals surface area contributed by atoms with Gasteiger partial charge >= 0.3 is 6.18 Å². The lowest BCUT2D eigenvalue weighted by Crippen LogP contribution is -2.35. The molecule has 5 nitrogen and oxygen atoms in total. The lowest BCUT2D eigenvalue weighted by atomic mass is 9.89. The lowest BCUT2D eigenvalue weighted by Gasteiger charge is -2.32. The minimum atomic E-state index is -4.39. The van der Waals surface area contributed by atoms with Crippen molar-refractivity contribution in [2.24, 2.45) is 0 Å².